The molecule has 1 atom stereocenters. The smallest absolute Gasteiger partial charge is 0.317 e. The number of nitrogens with two attached hydrogens (primary N) is 1. The van der Waals surface area contributed by atoms with E-state index in [4.69, 9.17) is 5.73 Å². The van der Waals surface area contributed by atoms with Gasteiger partial charge in [-0.25, -0.2) is 9.78 Å². The molecule has 3 rings (SSSR count). The molecular formula is C17H24N6O3. The Hall–Kier alpha value is -2.84. The van der Waals surface area contributed by atoms with Crippen LogP contribution in [0.15, 0.2) is 18.3 Å². The Morgan fingerprint density at radius 2 is 2.04 bits per heavy atom. The predicted octanol–water partition coefficient (Wildman–Crippen LogP) is -0.367. The molecule has 1 unspecified atom stereocenters. The highest BCUT2D eigenvalue weighted by Crippen LogP contribution is 2.19. The summed E-state index contributed by atoms with van der Waals surface area (Å²) in [6.45, 7) is 5.31. The summed E-state index contributed by atoms with van der Waals surface area (Å²) in [6.07, 6.45) is 1.98. The molecule has 26 heavy (non-hydrogen) atoms. The quantitative estimate of drug-likeness (QED) is 0.761. The van der Waals surface area contributed by atoms with E-state index in [1.54, 1.807) is 28.1 Å². The standard InChI is InChI=1S/C17H24N6O3/c1-2-21-11-12(10-14(21)24)20-17(26)23-8-6-22(7-9-23)16-13(15(18)25)4-3-5-19-16/h3-5,12H,2,6-11H2,1H3,(H2,18,25)(H,20,26). The van der Waals surface area contributed by atoms with Gasteiger partial charge in [0, 0.05) is 51.9 Å². The maximum atomic E-state index is 12.5. The molecule has 1 aromatic heterocycles. The average molecular weight is 360 g/mol. The molecule has 1 aromatic rings. The summed E-state index contributed by atoms with van der Waals surface area (Å²) in [7, 11) is 0. The van der Waals surface area contributed by atoms with E-state index in [1.165, 1.54) is 0 Å². The minimum atomic E-state index is -0.514. The largest absolute Gasteiger partial charge is 0.365 e. The van der Waals surface area contributed by atoms with Crippen molar-refractivity contribution in [3.05, 3.63) is 23.9 Å². The number of piperazine rings is 1. The molecule has 0 aliphatic carbocycles. The lowest BCUT2D eigenvalue weighted by Crippen LogP contribution is -2.54. The van der Waals surface area contributed by atoms with Crippen molar-refractivity contribution in [1.29, 1.82) is 0 Å². The van der Waals surface area contributed by atoms with Gasteiger partial charge in [0.1, 0.15) is 5.82 Å². The van der Waals surface area contributed by atoms with Gasteiger partial charge < -0.3 is 25.8 Å². The summed E-state index contributed by atoms with van der Waals surface area (Å²) in [6, 6.07) is 3.04. The summed E-state index contributed by atoms with van der Waals surface area (Å²) >= 11 is 0. The number of carbonyl (C=O) groups excluding carboxylic acids is 3. The molecule has 3 N–H and O–H groups in total. The molecule has 3 heterocycles. The van der Waals surface area contributed by atoms with Crippen molar-refractivity contribution in [2.75, 3.05) is 44.2 Å². The van der Waals surface area contributed by atoms with Crippen LogP contribution in [0.5, 0.6) is 0 Å². The number of anilines is 1. The monoisotopic (exact) mass is 360 g/mol. The maximum Gasteiger partial charge on any atom is 0.317 e. The van der Waals surface area contributed by atoms with Gasteiger partial charge in [-0.2, -0.15) is 0 Å². The second kappa shape index (κ2) is 7.59. The van der Waals surface area contributed by atoms with E-state index in [2.05, 4.69) is 10.3 Å². The highest BCUT2D eigenvalue weighted by molar-refractivity contribution is 5.97. The van der Waals surface area contributed by atoms with Crippen LogP contribution in [0.1, 0.15) is 23.7 Å². The number of rotatable bonds is 4. The van der Waals surface area contributed by atoms with Gasteiger partial charge in [0.25, 0.3) is 5.91 Å². The third kappa shape index (κ3) is 3.71. The van der Waals surface area contributed by atoms with Gasteiger partial charge >= 0.3 is 6.03 Å². The van der Waals surface area contributed by atoms with Gasteiger partial charge in [0.05, 0.1) is 11.6 Å². The first-order valence-electron chi connectivity index (χ1n) is 8.82. The Kier molecular flexibility index (Phi) is 5.24. The lowest BCUT2D eigenvalue weighted by atomic mass is 10.2. The first kappa shape index (κ1) is 18.0. The highest BCUT2D eigenvalue weighted by atomic mass is 16.2. The zero-order valence-electron chi connectivity index (χ0n) is 14.9. The van der Waals surface area contributed by atoms with E-state index in [1.807, 2.05) is 11.8 Å². The van der Waals surface area contributed by atoms with Crippen molar-refractivity contribution in [3.63, 3.8) is 0 Å². The van der Waals surface area contributed by atoms with E-state index in [-0.39, 0.29) is 18.0 Å². The van der Waals surface area contributed by atoms with Gasteiger partial charge in [0.15, 0.2) is 0 Å². The fourth-order valence-corrected chi connectivity index (χ4v) is 3.40. The van der Waals surface area contributed by atoms with E-state index in [0.29, 0.717) is 57.1 Å². The molecule has 0 spiro atoms. The molecule has 2 aliphatic heterocycles. The molecule has 0 bridgehead atoms. The summed E-state index contributed by atoms with van der Waals surface area (Å²) in [5.41, 5.74) is 5.79. The van der Waals surface area contributed by atoms with Crippen LogP contribution in [0.4, 0.5) is 10.6 Å². The molecule has 2 saturated heterocycles. The number of urea groups is 1. The number of amides is 4. The van der Waals surface area contributed by atoms with Crippen molar-refractivity contribution in [2.45, 2.75) is 19.4 Å². The Bertz CT molecular complexity index is 701. The topological polar surface area (TPSA) is 112 Å². The molecule has 4 amide bonds. The number of primary amides is 1. The summed E-state index contributed by atoms with van der Waals surface area (Å²) in [5, 5.41) is 2.94. The van der Waals surface area contributed by atoms with Gasteiger partial charge in [0.2, 0.25) is 5.91 Å². The number of hydrogen-bond donors (Lipinski definition) is 2. The van der Waals surface area contributed by atoms with E-state index in [9.17, 15) is 14.4 Å². The molecule has 140 valence electrons. The van der Waals surface area contributed by atoms with Crippen LogP contribution in [-0.2, 0) is 4.79 Å². The fourth-order valence-electron chi connectivity index (χ4n) is 3.40. The lowest BCUT2D eigenvalue weighted by molar-refractivity contribution is -0.127. The molecule has 9 heteroatoms. The van der Waals surface area contributed by atoms with Crippen LogP contribution in [-0.4, -0.2) is 77.9 Å². The van der Waals surface area contributed by atoms with Crippen LogP contribution in [0.3, 0.4) is 0 Å². The second-order valence-corrected chi connectivity index (χ2v) is 6.50. The number of carbonyl (C=O) groups is 3. The van der Waals surface area contributed by atoms with Crippen molar-refractivity contribution < 1.29 is 14.4 Å². The Balaban J connectivity index is 1.55. The summed E-state index contributed by atoms with van der Waals surface area (Å²) in [4.78, 5) is 45.5. The van der Waals surface area contributed by atoms with Crippen molar-refractivity contribution in [3.8, 4) is 0 Å². The fraction of sp³-hybridized carbons (Fsp3) is 0.529. The third-order valence-corrected chi connectivity index (χ3v) is 4.84. The molecule has 0 radical (unpaired) electrons. The number of nitrogens with zero attached hydrogens (tertiary/aromatic N) is 4. The van der Waals surface area contributed by atoms with Crippen molar-refractivity contribution >= 4 is 23.7 Å². The minimum absolute atomic E-state index is 0.0803. The molecule has 2 fully saturated rings. The Morgan fingerprint density at radius 3 is 2.65 bits per heavy atom. The van der Waals surface area contributed by atoms with Crippen LogP contribution < -0.4 is 16.0 Å². The second-order valence-electron chi connectivity index (χ2n) is 6.50. The third-order valence-electron chi connectivity index (χ3n) is 4.84. The zero-order valence-corrected chi connectivity index (χ0v) is 14.9. The highest BCUT2D eigenvalue weighted by Gasteiger charge is 2.31. The Morgan fingerprint density at radius 1 is 1.31 bits per heavy atom. The molecule has 0 aromatic carbocycles. The van der Waals surface area contributed by atoms with Gasteiger partial charge in [-0.1, -0.05) is 0 Å². The number of nitrogens with one attached hydrogen (secondary N) is 1. The number of pyridine rings is 1. The summed E-state index contributed by atoms with van der Waals surface area (Å²) in [5.74, 6) is 0.122. The first-order chi connectivity index (χ1) is 12.5. The minimum Gasteiger partial charge on any atom is -0.365 e. The summed E-state index contributed by atoms with van der Waals surface area (Å²) < 4.78 is 0. The van der Waals surface area contributed by atoms with Crippen molar-refractivity contribution in [2.24, 2.45) is 5.73 Å². The maximum absolute atomic E-state index is 12.5. The average Bonchev–Trinajstić information content (AvgIpc) is 3.01. The number of likely N-dealkylation sites (N-methyl/N-ethyl adjacent to an activating group) is 1. The lowest BCUT2D eigenvalue weighted by Gasteiger charge is -2.36. The Labute approximate surface area is 152 Å². The molecule has 2 aliphatic rings. The van der Waals surface area contributed by atoms with E-state index >= 15 is 0 Å². The van der Waals surface area contributed by atoms with Crippen molar-refractivity contribution in [1.82, 2.24) is 20.1 Å². The zero-order chi connectivity index (χ0) is 18.7. The van der Waals surface area contributed by atoms with Gasteiger partial charge in [-0.15, -0.1) is 0 Å². The van der Waals surface area contributed by atoms with Crippen LogP contribution in [0.2, 0.25) is 0 Å². The SMILES string of the molecule is CCN1CC(NC(=O)N2CCN(c3ncccc3C(N)=O)CC2)CC1=O. The normalized spacial score (nSPS) is 20.4. The van der Waals surface area contributed by atoms with Crippen LogP contribution in [0.25, 0.3) is 0 Å². The van der Waals surface area contributed by atoms with E-state index in [0.717, 1.165) is 0 Å². The number of likely N-dealkylation sites (tertiary alicyclic amines) is 1. The van der Waals surface area contributed by atoms with Crippen LogP contribution >= 0.6 is 0 Å². The number of aromatic nitrogens is 1. The van der Waals surface area contributed by atoms with Gasteiger partial charge in [-0.3, -0.25) is 9.59 Å². The van der Waals surface area contributed by atoms with E-state index < -0.39 is 5.91 Å². The number of hydrogen-bond acceptors (Lipinski definition) is 5. The van der Waals surface area contributed by atoms with Crippen LogP contribution in [0, 0.1) is 0 Å². The molecule has 0 saturated carbocycles. The predicted molar refractivity (Wildman–Crippen MR) is 95.7 cm³/mol. The van der Waals surface area contributed by atoms with Gasteiger partial charge in [-0.05, 0) is 19.1 Å². The molecule has 9 nitrogen and oxygen atoms in total. The first-order valence-corrected chi connectivity index (χ1v) is 8.82. The molecular weight excluding hydrogens is 336 g/mol.